The maximum atomic E-state index is 12.4. The van der Waals surface area contributed by atoms with Crippen molar-refractivity contribution >= 4 is 17.2 Å². The summed E-state index contributed by atoms with van der Waals surface area (Å²) in [6.45, 7) is 14.2. The van der Waals surface area contributed by atoms with Crippen LogP contribution in [0.3, 0.4) is 0 Å². The van der Waals surface area contributed by atoms with Crippen molar-refractivity contribution in [3.05, 3.63) is 21.9 Å². The molecule has 22 heavy (non-hydrogen) atoms. The molecule has 124 valence electrons. The molecule has 2 heterocycles. The molecule has 0 radical (unpaired) electrons. The zero-order chi connectivity index (χ0) is 16.3. The zero-order valence-electron chi connectivity index (χ0n) is 14.6. The fourth-order valence-corrected chi connectivity index (χ4v) is 4.37. The van der Waals surface area contributed by atoms with Crippen molar-refractivity contribution in [2.45, 2.75) is 53.0 Å². The van der Waals surface area contributed by atoms with Gasteiger partial charge in [-0.1, -0.05) is 20.8 Å². The summed E-state index contributed by atoms with van der Waals surface area (Å²) < 4.78 is 0. The highest BCUT2D eigenvalue weighted by atomic mass is 32.1. The van der Waals surface area contributed by atoms with E-state index in [-0.39, 0.29) is 11.4 Å². The minimum Gasteiger partial charge on any atom is -0.349 e. The molecule has 1 amide bonds. The number of carbonyl (C=O) groups is 1. The Hall–Kier alpha value is -0.870. The van der Waals surface area contributed by atoms with Gasteiger partial charge in [0.15, 0.2) is 0 Å². The third-order valence-corrected chi connectivity index (χ3v) is 5.70. The van der Waals surface area contributed by atoms with Crippen molar-refractivity contribution in [2.24, 2.45) is 11.8 Å². The van der Waals surface area contributed by atoms with Crippen molar-refractivity contribution in [1.29, 1.82) is 0 Å². The van der Waals surface area contributed by atoms with Crippen LogP contribution in [0.4, 0.5) is 0 Å². The Labute approximate surface area is 139 Å². The van der Waals surface area contributed by atoms with Crippen LogP contribution in [-0.2, 0) is 6.42 Å². The van der Waals surface area contributed by atoms with E-state index in [1.54, 1.807) is 11.3 Å². The molecule has 0 aliphatic carbocycles. The first-order valence-electron chi connectivity index (χ1n) is 8.43. The summed E-state index contributed by atoms with van der Waals surface area (Å²) in [5, 5.41) is 5.16. The number of rotatable bonds is 5. The lowest BCUT2D eigenvalue weighted by Gasteiger charge is -2.45. The number of nitrogens with one attached hydrogen (secondary N) is 1. The smallest absolute Gasteiger partial charge is 0.261 e. The molecule has 2 atom stereocenters. The number of likely N-dealkylation sites (tertiary alicyclic amines) is 1. The third kappa shape index (κ3) is 4.11. The number of piperidine rings is 1. The van der Waals surface area contributed by atoms with E-state index in [0.29, 0.717) is 6.54 Å². The number of hydrogen-bond acceptors (Lipinski definition) is 3. The topological polar surface area (TPSA) is 32.3 Å². The van der Waals surface area contributed by atoms with E-state index in [1.165, 1.54) is 6.42 Å². The number of nitrogens with zero attached hydrogens (tertiary/aromatic N) is 1. The SMILES string of the molecule is CCc1ccsc1C(=O)NCC(C)(C)N1C[C@@H](C)C[C@H](C)C1. The number of amides is 1. The average Bonchev–Trinajstić information content (AvgIpc) is 2.92. The van der Waals surface area contributed by atoms with E-state index >= 15 is 0 Å². The summed E-state index contributed by atoms with van der Waals surface area (Å²) >= 11 is 1.54. The van der Waals surface area contributed by atoms with Gasteiger partial charge in [0.05, 0.1) is 4.88 Å². The number of thiophene rings is 1. The largest absolute Gasteiger partial charge is 0.349 e. The van der Waals surface area contributed by atoms with Gasteiger partial charge in [-0.2, -0.15) is 0 Å². The molecule has 0 bridgehead atoms. The van der Waals surface area contributed by atoms with E-state index in [9.17, 15) is 4.79 Å². The van der Waals surface area contributed by atoms with Gasteiger partial charge < -0.3 is 5.32 Å². The summed E-state index contributed by atoms with van der Waals surface area (Å²) in [4.78, 5) is 15.8. The molecule has 1 fully saturated rings. The predicted octanol–water partition coefficient (Wildman–Crippen LogP) is 3.80. The Bertz CT molecular complexity index is 499. The summed E-state index contributed by atoms with van der Waals surface area (Å²) in [5.41, 5.74) is 1.16. The second-order valence-electron chi connectivity index (χ2n) is 7.47. The molecule has 0 aromatic carbocycles. The van der Waals surface area contributed by atoms with Gasteiger partial charge in [0.25, 0.3) is 5.91 Å². The fraction of sp³-hybridized carbons (Fsp3) is 0.722. The minimum absolute atomic E-state index is 0.00222. The summed E-state index contributed by atoms with van der Waals surface area (Å²) in [7, 11) is 0. The van der Waals surface area contributed by atoms with Crippen LogP contribution in [0, 0.1) is 11.8 Å². The van der Waals surface area contributed by atoms with Crippen LogP contribution >= 0.6 is 11.3 Å². The molecule has 1 aromatic heterocycles. The van der Waals surface area contributed by atoms with Crippen molar-refractivity contribution < 1.29 is 4.79 Å². The van der Waals surface area contributed by atoms with E-state index in [2.05, 4.69) is 50.9 Å². The summed E-state index contributed by atoms with van der Waals surface area (Å²) in [5.74, 6) is 1.56. The van der Waals surface area contributed by atoms with Crippen LogP contribution in [0.15, 0.2) is 11.4 Å². The zero-order valence-corrected chi connectivity index (χ0v) is 15.4. The van der Waals surface area contributed by atoms with Gasteiger partial charge >= 0.3 is 0 Å². The van der Waals surface area contributed by atoms with E-state index in [4.69, 9.17) is 0 Å². The first kappa shape index (κ1) is 17.5. The highest BCUT2D eigenvalue weighted by Crippen LogP contribution is 2.27. The van der Waals surface area contributed by atoms with Crippen LogP contribution in [0.5, 0.6) is 0 Å². The van der Waals surface area contributed by atoms with Gasteiger partial charge in [-0.25, -0.2) is 0 Å². The Morgan fingerprint density at radius 1 is 1.36 bits per heavy atom. The molecule has 1 aliphatic rings. The van der Waals surface area contributed by atoms with Gasteiger partial charge in [0.2, 0.25) is 0 Å². The Morgan fingerprint density at radius 3 is 2.59 bits per heavy atom. The second kappa shape index (κ2) is 7.14. The molecule has 4 heteroatoms. The van der Waals surface area contributed by atoms with Gasteiger partial charge in [0.1, 0.15) is 0 Å². The van der Waals surface area contributed by atoms with Crippen molar-refractivity contribution in [3.8, 4) is 0 Å². The quantitative estimate of drug-likeness (QED) is 0.894. The lowest BCUT2D eigenvalue weighted by Crippen LogP contribution is -2.56. The molecule has 0 spiro atoms. The van der Waals surface area contributed by atoms with E-state index < -0.39 is 0 Å². The summed E-state index contributed by atoms with van der Waals surface area (Å²) in [6, 6.07) is 2.05. The Morgan fingerprint density at radius 2 is 2.00 bits per heavy atom. The molecule has 3 nitrogen and oxygen atoms in total. The molecule has 0 saturated carbocycles. The highest BCUT2D eigenvalue weighted by Gasteiger charge is 2.33. The van der Waals surface area contributed by atoms with E-state index in [1.807, 2.05) is 5.38 Å². The maximum Gasteiger partial charge on any atom is 0.261 e. The first-order valence-corrected chi connectivity index (χ1v) is 9.31. The molecule has 2 rings (SSSR count). The third-order valence-electron chi connectivity index (χ3n) is 4.74. The average molecular weight is 323 g/mol. The van der Waals surface area contributed by atoms with Gasteiger partial charge in [0, 0.05) is 25.2 Å². The monoisotopic (exact) mass is 322 g/mol. The molecular formula is C18H30N2OS. The molecule has 1 aromatic rings. The number of carbonyl (C=O) groups excluding carboxylic acids is 1. The summed E-state index contributed by atoms with van der Waals surface area (Å²) in [6.07, 6.45) is 2.23. The van der Waals surface area contributed by atoms with Crippen LogP contribution in [0.1, 0.15) is 56.3 Å². The molecule has 1 aliphatic heterocycles. The van der Waals surface area contributed by atoms with Gasteiger partial charge in [-0.05, 0) is 55.5 Å². The number of aryl methyl sites for hydroxylation is 1. The normalized spacial score (nSPS) is 23.5. The highest BCUT2D eigenvalue weighted by molar-refractivity contribution is 7.12. The second-order valence-corrected chi connectivity index (χ2v) is 8.39. The Balaban J connectivity index is 1.96. The van der Waals surface area contributed by atoms with Gasteiger partial charge in [-0.3, -0.25) is 9.69 Å². The van der Waals surface area contributed by atoms with Crippen LogP contribution < -0.4 is 5.32 Å². The lowest BCUT2D eigenvalue weighted by atomic mass is 9.88. The minimum atomic E-state index is 0.00222. The van der Waals surface area contributed by atoms with Crippen molar-refractivity contribution in [3.63, 3.8) is 0 Å². The Kier molecular flexibility index (Phi) is 5.67. The van der Waals surface area contributed by atoms with Gasteiger partial charge in [-0.15, -0.1) is 11.3 Å². The maximum absolute atomic E-state index is 12.4. The molecule has 1 saturated heterocycles. The van der Waals surface area contributed by atoms with Crippen LogP contribution in [0.2, 0.25) is 0 Å². The predicted molar refractivity (Wildman–Crippen MR) is 94.6 cm³/mol. The standard InChI is InChI=1S/C18H30N2OS/c1-6-15-7-8-22-16(15)17(21)19-12-18(4,5)20-10-13(2)9-14(3)11-20/h7-8,13-14H,6,9-12H2,1-5H3,(H,19,21)/t13-,14-/m0/s1. The molecule has 1 N–H and O–H groups in total. The lowest BCUT2D eigenvalue weighted by molar-refractivity contribution is 0.0445. The van der Waals surface area contributed by atoms with Crippen molar-refractivity contribution in [2.75, 3.05) is 19.6 Å². The first-order chi connectivity index (χ1) is 10.3. The van der Waals surface area contributed by atoms with Crippen molar-refractivity contribution in [1.82, 2.24) is 10.2 Å². The fourth-order valence-electron chi connectivity index (χ4n) is 3.46. The molecule has 0 unspecified atom stereocenters. The van der Waals surface area contributed by atoms with Crippen LogP contribution in [0.25, 0.3) is 0 Å². The molecular weight excluding hydrogens is 292 g/mol. The number of hydrogen-bond donors (Lipinski definition) is 1. The van der Waals surface area contributed by atoms with E-state index in [0.717, 1.165) is 41.8 Å². The van der Waals surface area contributed by atoms with Crippen LogP contribution in [-0.4, -0.2) is 36.0 Å².